The second-order valence-corrected chi connectivity index (χ2v) is 6.81. The first kappa shape index (κ1) is 15.7. The van der Waals surface area contributed by atoms with Crippen LogP contribution in [0, 0.1) is 6.92 Å². The van der Waals surface area contributed by atoms with Gasteiger partial charge in [-0.05, 0) is 25.1 Å². The van der Waals surface area contributed by atoms with Gasteiger partial charge >= 0.3 is 0 Å². The van der Waals surface area contributed by atoms with Gasteiger partial charge in [0.05, 0.1) is 6.04 Å². The molecule has 130 valence electrons. The molecule has 0 atom stereocenters. The topological polar surface area (TPSA) is 75.3 Å². The molecule has 8 nitrogen and oxygen atoms in total. The quantitative estimate of drug-likeness (QED) is 0.716. The predicted molar refractivity (Wildman–Crippen MR) is 96.0 cm³/mol. The second kappa shape index (κ2) is 5.94. The second-order valence-electron chi connectivity index (χ2n) is 6.81. The van der Waals surface area contributed by atoms with E-state index in [1.54, 1.807) is 4.52 Å². The Morgan fingerprint density at radius 2 is 1.96 bits per heavy atom. The Hall–Kier alpha value is -2.77. The van der Waals surface area contributed by atoms with Crippen LogP contribution < -0.4 is 9.80 Å². The number of rotatable bonds is 4. The minimum Gasteiger partial charge on any atom is -0.353 e. The lowest BCUT2D eigenvalue weighted by Gasteiger charge is -2.45. The number of nitrogens with zero attached hydrogens (tertiary/aromatic N) is 8. The highest BCUT2D eigenvalue weighted by Crippen LogP contribution is 2.24. The van der Waals surface area contributed by atoms with E-state index in [0.29, 0.717) is 12.0 Å². The molecule has 0 unspecified atom stereocenters. The van der Waals surface area contributed by atoms with Gasteiger partial charge in [-0.15, -0.1) is 15.3 Å². The van der Waals surface area contributed by atoms with Crippen LogP contribution in [0.1, 0.15) is 31.4 Å². The summed E-state index contributed by atoms with van der Waals surface area (Å²) in [5.41, 5.74) is 0.776. The van der Waals surface area contributed by atoms with Gasteiger partial charge in [0.25, 0.3) is 0 Å². The summed E-state index contributed by atoms with van der Waals surface area (Å²) in [6.45, 7) is 7.96. The summed E-state index contributed by atoms with van der Waals surface area (Å²) in [6.07, 6.45) is 1.84. The normalized spacial score (nSPS) is 15.0. The molecule has 0 spiro atoms. The molecule has 1 aliphatic rings. The van der Waals surface area contributed by atoms with Gasteiger partial charge < -0.3 is 9.80 Å². The minimum absolute atomic E-state index is 0.328. The van der Waals surface area contributed by atoms with E-state index in [0.717, 1.165) is 42.0 Å². The highest BCUT2D eigenvalue weighted by atomic mass is 15.4. The Bertz CT molecular complexity index is 897. The minimum atomic E-state index is 0.328. The van der Waals surface area contributed by atoms with Gasteiger partial charge in [-0.3, -0.25) is 0 Å². The first-order chi connectivity index (χ1) is 12.0. The van der Waals surface area contributed by atoms with Crippen molar-refractivity contribution < 1.29 is 0 Å². The van der Waals surface area contributed by atoms with Gasteiger partial charge in [-0.1, -0.05) is 13.8 Å². The lowest BCUT2D eigenvalue weighted by atomic mass is 10.1. The molecule has 0 bridgehead atoms. The fourth-order valence-electron chi connectivity index (χ4n) is 2.97. The molecule has 0 aromatic carbocycles. The fourth-order valence-corrected chi connectivity index (χ4v) is 2.97. The zero-order chi connectivity index (χ0) is 17.6. The van der Waals surface area contributed by atoms with Crippen LogP contribution in [-0.4, -0.2) is 56.0 Å². The third-order valence-electron chi connectivity index (χ3n) is 4.68. The van der Waals surface area contributed by atoms with Crippen molar-refractivity contribution >= 4 is 17.3 Å². The molecule has 0 saturated carbocycles. The summed E-state index contributed by atoms with van der Waals surface area (Å²) in [7, 11) is 2.09. The molecular formula is C17H22N8. The molecule has 4 rings (SSSR count). The van der Waals surface area contributed by atoms with E-state index in [1.165, 1.54) is 0 Å². The molecule has 1 saturated heterocycles. The first-order valence-corrected chi connectivity index (χ1v) is 8.52. The van der Waals surface area contributed by atoms with Crippen LogP contribution in [0.25, 0.3) is 5.65 Å². The van der Waals surface area contributed by atoms with E-state index in [1.807, 2.05) is 31.3 Å². The Morgan fingerprint density at radius 3 is 2.72 bits per heavy atom. The van der Waals surface area contributed by atoms with Crippen molar-refractivity contribution in [3.05, 3.63) is 36.0 Å². The van der Waals surface area contributed by atoms with E-state index in [2.05, 4.69) is 56.0 Å². The number of fused-ring (bicyclic) bond motifs is 1. The standard InChI is InChI=1S/C17H22N8/c1-11(2)17-18-8-7-14(19-17)23(4)13-9-24(10-13)16-6-5-15-21-20-12(3)25(15)22-16/h5-8,11,13H,9-10H2,1-4H3. The van der Waals surface area contributed by atoms with Crippen LogP contribution in [0.5, 0.6) is 0 Å². The summed E-state index contributed by atoms with van der Waals surface area (Å²) >= 11 is 0. The summed E-state index contributed by atoms with van der Waals surface area (Å²) < 4.78 is 1.78. The van der Waals surface area contributed by atoms with Crippen molar-refractivity contribution in [2.45, 2.75) is 32.7 Å². The molecular weight excluding hydrogens is 316 g/mol. The third-order valence-corrected chi connectivity index (χ3v) is 4.68. The predicted octanol–water partition coefficient (Wildman–Crippen LogP) is 1.67. The summed E-state index contributed by atoms with van der Waals surface area (Å²) in [5.74, 6) is 3.94. The monoisotopic (exact) mass is 338 g/mol. The number of likely N-dealkylation sites (N-methyl/N-ethyl adjacent to an activating group) is 1. The van der Waals surface area contributed by atoms with Crippen molar-refractivity contribution in [1.29, 1.82) is 0 Å². The smallest absolute Gasteiger partial charge is 0.178 e. The fraction of sp³-hybridized carbons (Fsp3) is 0.471. The number of hydrogen-bond donors (Lipinski definition) is 0. The van der Waals surface area contributed by atoms with E-state index in [4.69, 9.17) is 0 Å². The van der Waals surface area contributed by atoms with Crippen LogP contribution in [0.15, 0.2) is 24.4 Å². The molecule has 0 radical (unpaired) electrons. The number of aryl methyl sites for hydroxylation is 1. The molecule has 3 aromatic heterocycles. The molecule has 0 N–H and O–H groups in total. The van der Waals surface area contributed by atoms with Crippen molar-refractivity contribution in [2.24, 2.45) is 0 Å². The van der Waals surface area contributed by atoms with Gasteiger partial charge in [-0.2, -0.15) is 4.52 Å². The van der Waals surface area contributed by atoms with Gasteiger partial charge in [0.2, 0.25) is 0 Å². The molecule has 4 heterocycles. The molecule has 8 heteroatoms. The maximum absolute atomic E-state index is 4.68. The van der Waals surface area contributed by atoms with E-state index in [-0.39, 0.29) is 0 Å². The van der Waals surface area contributed by atoms with Gasteiger partial charge in [0, 0.05) is 32.3 Å². The number of anilines is 2. The average molecular weight is 338 g/mol. The molecule has 0 amide bonds. The Morgan fingerprint density at radius 1 is 1.16 bits per heavy atom. The highest BCUT2D eigenvalue weighted by Gasteiger charge is 2.32. The maximum Gasteiger partial charge on any atom is 0.178 e. The zero-order valence-corrected chi connectivity index (χ0v) is 15.0. The van der Waals surface area contributed by atoms with Crippen molar-refractivity contribution in [1.82, 2.24) is 29.8 Å². The summed E-state index contributed by atoms with van der Waals surface area (Å²) in [4.78, 5) is 13.5. The molecule has 0 aliphatic carbocycles. The molecule has 1 fully saturated rings. The zero-order valence-electron chi connectivity index (χ0n) is 15.0. The highest BCUT2D eigenvalue weighted by molar-refractivity contribution is 5.50. The average Bonchev–Trinajstić information content (AvgIpc) is 2.94. The van der Waals surface area contributed by atoms with Crippen molar-refractivity contribution in [3.8, 4) is 0 Å². The first-order valence-electron chi connectivity index (χ1n) is 8.52. The summed E-state index contributed by atoms with van der Waals surface area (Å²) in [5, 5.41) is 12.8. The van der Waals surface area contributed by atoms with Crippen LogP contribution in [-0.2, 0) is 0 Å². The maximum atomic E-state index is 4.68. The Labute approximate surface area is 146 Å². The van der Waals surface area contributed by atoms with Gasteiger partial charge in [-0.25, -0.2) is 9.97 Å². The van der Waals surface area contributed by atoms with Crippen molar-refractivity contribution in [3.63, 3.8) is 0 Å². The number of hydrogen-bond acceptors (Lipinski definition) is 7. The Balaban J connectivity index is 1.47. The Kier molecular flexibility index (Phi) is 3.74. The van der Waals surface area contributed by atoms with Crippen molar-refractivity contribution in [2.75, 3.05) is 29.9 Å². The third kappa shape index (κ3) is 2.77. The number of aromatic nitrogens is 6. The van der Waals surface area contributed by atoms with E-state index >= 15 is 0 Å². The largest absolute Gasteiger partial charge is 0.353 e. The summed E-state index contributed by atoms with van der Waals surface area (Å²) in [6, 6.07) is 6.34. The van der Waals surface area contributed by atoms with E-state index < -0.39 is 0 Å². The van der Waals surface area contributed by atoms with Crippen LogP contribution in [0.2, 0.25) is 0 Å². The lowest BCUT2D eigenvalue weighted by Crippen LogP contribution is -2.59. The lowest BCUT2D eigenvalue weighted by molar-refractivity contribution is 0.486. The molecule has 25 heavy (non-hydrogen) atoms. The SMILES string of the molecule is Cc1nnc2ccc(N3CC(N(C)c4ccnc(C(C)C)n4)C3)nn12. The van der Waals surface area contributed by atoms with Crippen LogP contribution in [0.3, 0.4) is 0 Å². The molecule has 3 aromatic rings. The van der Waals surface area contributed by atoms with Crippen LogP contribution >= 0.6 is 0 Å². The van der Waals surface area contributed by atoms with Gasteiger partial charge in [0.15, 0.2) is 11.5 Å². The molecule has 1 aliphatic heterocycles. The van der Waals surface area contributed by atoms with Crippen LogP contribution in [0.4, 0.5) is 11.6 Å². The van der Waals surface area contributed by atoms with E-state index in [9.17, 15) is 0 Å². The van der Waals surface area contributed by atoms with Gasteiger partial charge in [0.1, 0.15) is 17.5 Å².